The summed E-state index contributed by atoms with van der Waals surface area (Å²) in [6.07, 6.45) is 2.52. The van der Waals surface area contributed by atoms with Gasteiger partial charge in [0.15, 0.2) is 11.5 Å². The van der Waals surface area contributed by atoms with Crippen LogP contribution in [0.1, 0.15) is 50.8 Å². The highest BCUT2D eigenvalue weighted by molar-refractivity contribution is 5.49. The second-order valence-electron chi connectivity index (χ2n) is 8.86. The van der Waals surface area contributed by atoms with Crippen LogP contribution in [-0.4, -0.2) is 54.6 Å². The van der Waals surface area contributed by atoms with E-state index < -0.39 is 0 Å². The number of nitrogens with zero attached hydrogens (tertiary/aromatic N) is 1. The highest BCUT2D eigenvalue weighted by atomic mass is 16.5. The molecule has 0 aliphatic carbocycles. The van der Waals surface area contributed by atoms with Crippen molar-refractivity contribution in [2.24, 2.45) is 11.3 Å². The van der Waals surface area contributed by atoms with Crippen LogP contribution >= 0.6 is 0 Å². The van der Waals surface area contributed by atoms with Crippen molar-refractivity contribution in [3.8, 4) is 11.5 Å². The lowest BCUT2D eigenvalue weighted by atomic mass is 9.75. The summed E-state index contributed by atoms with van der Waals surface area (Å²) in [4.78, 5) is 2.53. The van der Waals surface area contributed by atoms with Gasteiger partial charge in [-0.25, -0.2) is 0 Å². The summed E-state index contributed by atoms with van der Waals surface area (Å²) < 4.78 is 11.1. The smallest absolute Gasteiger partial charge is 0.161 e. The van der Waals surface area contributed by atoms with Gasteiger partial charge >= 0.3 is 0 Å². The minimum Gasteiger partial charge on any atom is -0.493 e. The summed E-state index contributed by atoms with van der Waals surface area (Å²) in [5.74, 6) is 1.72. The summed E-state index contributed by atoms with van der Waals surface area (Å²) in [6, 6.07) is 4.36. The molecule has 0 unspecified atom stereocenters. The van der Waals surface area contributed by atoms with Gasteiger partial charge in [0.1, 0.15) is 6.61 Å². The fourth-order valence-corrected chi connectivity index (χ4v) is 4.51. The Bertz CT molecular complexity index is 625. The van der Waals surface area contributed by atoms with E-state index in [0.29, 0.717) is 17.4 Å². The van der Waals surface area contributed by atoms with Gasteiger partial charge in [0, 0.05) is 19.1 Å². The number of rotatable bonds is 5. The van der Waals surface area contributed by atoms with E-state index >= 15 is 0 Å². The second-order valence-corrected chi connectivity index (χ2v) is 8.86. The maximum absolute atomic E-state index is 10.8. The van der Waals surface area contributed by atoms with E-state index in [0.717, 1.165) is 32.4 Å². The Morgan fingerprint density at radius 1 is 1.23 bits per heavy atom. The average Bonchev–Trinajstić information content (AvgIpc) is 2.58. The van der Waals surface area contributed by atoms with Crippen molar-refractivity contribution in [3.63, 3.8) is 0 Å². The van der Waals surface area contributed by atoms with Gasteiger partial charge in [0.2, 0.25) is 0 Å². The van der Waals surface area contributed by atoms with E-state index in [-0.39, 0.29) is 30.8 Å². The topological polar surface area (TPSA) is 62.2 Å². The van der Waals surface area contributed by atoms with Crippen molar-refractivity contribution >= 4 is 0 Å². The Morgan fingerprint density at radius 2 is 2.00 bits per heavy atom. The Morgan fingerprint density at radius 3 is 2.65 bits per heavy atom. The SMILES string of the molecule is COc1cc2c(cc1OCCO)CCN1C[C@@H](CC(C)(C)C)[C@H](O)C[C@H]21. The fourth-order valence-electron chi connectivity index (χ4n) is 4.51. The van der Waals surface area contributed by atoms with Crippen LogP contribution in [0.5, 0.6) is 11.5 Å². The third kappa shape index (κ3) is 4.16. The number of benzene rings is 1. The minimum absolute atomic E-state index is 0.0159. The molecule has 2 aliphatic rings. The van der Waals surface area contributed by atoms with Gasteiger partial charge < -0.3 is 19.7 Å². The molecule has 0 amide bonds. The summed E-state index contributed by atoms with van der Waals surface area (Å²) in [6.45, 7) is 8.95. The highest BCUT2D eigenvalue weighted by Crippen LogP contribution is 2.44. The number of fused-ring (bicyclic) bond motifs is 3. The molecule has 1 fully saturated rings. The van der Waals surface area contributed by atoms with Crippen molar-refractivity contribution in [2.45, 2.75) is 52.2 Å². The zero-order chi connectivity index (χ0) is 18.9. The molecule has 2 N–H and O–H groups in total. The summed E-state index contributed by atoms with van der Waals surface area (Å²) in [7, 11) is 1.64. The van der Waals surface area contributed by atoms with Crippen molar-refractivity contribution in [3.05, 3.63) is 23.3 Å². The number of piperidine rings is 1. The van der Waals surface area contributed by atoms with Crippen LogP contribution in [0.2, 0.25) is 0 Å². The Balaban J connectivity index is 1.83. The molecule has 0 radical (unpaired) electrons. The molecule has 0 saturated carbocycles. The number of aliphatic hydroxyl groups is 2. The monoisotopic (exact) mass is 363 g/mol. The first kappa shape index (κ1) is 19.5. The second kappa shape index (κ2) is 7.75. The van der Waals surface area contributed by atoms with Gasteiger partial charge in [-0.2, -0.15) is 0 Å². The van der Waals surface area contributed by atoms with Crippen LogP contribution < -0.4 is 9.47 Å². The average molecular weight is 363 g/mol. The summed E-state index contributed by atoms with van der Waals surface area (Å²) in [5, 5.41) is 19.8. The predicted molar refractivity (Wildman–Crippen MR) is 102 cm³/mol. The molecular weight excluding hydrogens is 330 g/mol. The molecule has 1 saturated heterocycles. The number of aliphatic hydroxyl groups excluding tert-OH is 2. The molecule has 26 heavy (non-hydrogen) atoms. The van der Waals surface area contributed by atoms with Crippen molar-refractivity contribution in [1.82, 2.24) is 4.90 Å². The van der Waals surface area contributed by atoms with Crippen molar-refractivity contribution in [2.75, 3.05) is 33.4 Å². The van der Waals surface area contributed by atoms with Gasteiger partial charge in [0.25, 0.3) is 0 Å². The third-order valence-electron chi connectivity index (χ3n) is 5.59. The lowest BCUT2D eigenvalue weighted by Gasteiger charge is -2.47. The molecule has 1 aromatic carbocycles. The number of ether oxygens (including phenoxy) is 2. The molecule has 3 atom stereocenters. The minimum atomic E-state index is -0.266. The van der Waals surface area contributed by atoms with Gasteiger partial charge in [0.05, 0.1) is 19.8 Å². The lowest BCUT2D eigenvalue weighted by Crippen LogP contribution is -2.48. The van der Waals surface area contributed by atoms with E-state index in [1.165, 1.54) is 11.1 Å². The molecular formula is C21H33NO4. The van der Waals surface area contributed by atoms with Crippen LogP contribution in [0.15, 0.2) is 12.1 Å². The van der Waals surface area contributed by atoms with Crippen molar-refractivity contribution in [1.29, 1.82) is 0 Å². The molecule has 5 nitrogen and oxygen atoms in total. The third-order valence-corrected chi connectivity index (χ3v) is 5.59. The maximum Gasteiger partial charge on any atom is 0.161 e. The zero-order valence-electron chi connectivity index (χ0n) is 16.5. The highest BCUT2D eigenvalue weighted by Gasteiger charge is 2.39. The number of methoxy groups -OCH3 is 1. The van der Waals surface area contributed by atoms with E-state index in [1.807, 2.05) is 0 Å². The summed E-state index contributed by atoms with van der Waals surface area (Å²) in [5.41, 5.74) is 2.74. The van der Waals surface area contributed by atoms with E-state index in [9.17, 15) is 5.11 Å². The van der Waals surface area contributed by atoms with Crippen LogP contribution in [0.25, 0.3) is 0 Å². The largest absolute Gasteiger partial charge is 0.493 e. The normalized spacial score (nSPS) is 26.2. The molecule has 146 valence electrons. The van der Waals surface area contributed by atoms with E-state index in [1.54, 1.807) is 7.11 Å². The molecule has 0 spiro atoms. The first-order chi connectivity index (χ1) is 12.3. The van der Waals surface area contributed by atoms with E-state index in [4.69, 9.17) is 14.6 Å². The Hall–Kier alpha value is -1.30. The first-order valence-electron chi connectivity index (χ1n) is 9.69. The van der Waals surface area contributed by atoms with Crippen LogP contribution in [0, 0.1) is 11.3 Å². The quantitative estimate of drug-likeness (QED) is 0.842. The van der Waals surface area contributed by atoms with Crippen LogP contribution in [0.3, 0.4) is 0 Å². The van der Waals surface area contributed by atoms with Crippen LogP contribution in [-0.2, 0) is 6.42 Å². The number of hydrogen-bond donors (Lipinski definition) is 2. The zero-order valence-corrected chi connectivity index (χ0v) is 16.5. The van der Waals surface area contributed by atoms with Gasteiger partial charge in [-0.05, 0) is 53.9 Å². The van der Waals surface area contributed by atoms with Gasteiger partial charge in [-0.3, -0.25) is 4.90 Å². The Kier molecular flexibility index (Phi) is 5.80. The van der Waals surface area contributed by atoms with Gasteiger partial charge in [-0.15, -0.1) is 0 Å². The first-order valence-corrected chi connectivity index (χ1v) is 9.69. The summed E-state index contributed by atoms with van der Waals surface area (Å²) >= 11 is 0. The van der Waals surface area contributed by atoms with Crippen LogP contribution in [0.4, 0.5) is 0 Å². The van der Waals surface area contributed by atoms with Gasteiger partial charge in [-0.1, -0.05) is 20.8 Å². The molecule has 1 aromatic rings. The molecule has 2 aliphatic heterocycles. The molecule has 0 bridgehead atoms. The molecule has 5 heteroatoms. The molecule has 2 heterocycles. The predicted octanol–water partition coefficient (Wildman–Crippen LogP) is 2.78. The molecule has 0 aromatic heterocycles. The van der Waals surface area contributed by atoms with E-state index in [2.05, 4.69) is 37.8 Å². The maximum atomic E-state index is 10.8. The standard InChI is InChI=1S/C21H33NO4/c1-21(2,3)12-15-13-22-6-5-14-9-20(26-8-7-23)19(25-4)10-16(14)17(22)11-18(15)24/h9-10,15,17-18,23-24H,5-8,11-13H2,1-4H3/t15-,17-,18-/m1/s1. The molecule has 3 rings (SSSR count). The fraction of sp³-hybridized carbons (Fsp3) is 0.714. The van der Waals surface area contributed by atoms with Crippen molar-refractivity contribution < 1.29 is 19.7 Å². The Labute approximate surface area is 156 Å². The lowest BCUT2D eigenvalue weighted by molar-refractivity contribution is -0.0259. The number of hydrogen-bond acceptors (Lipinski definition) is 5.